The van der Waals surface area contributed by atoms with Gasteiger partial charge in [0.25, 0.3) is 0 Å². The first-order valence-electron chi connectivity index (χ1n) is 8.54. The third-order valence-corrected chi connectivity index (χ3v) is 10.1. The molecule has 1 rings (SSSR count). The van der Waals surface area contributed by atoms with Crippen molar-refractivity contribution >= 4 is 36.8 Å². The van der Waals surface area contributed by atoms with Crippen molar-refractivity contribution in [3.8, 4) is 5.75 Å². The molecule has 7 heteroatoms. The van der Waals surface area contributed by atoms with E-state index in [1.807, 2.05) is 6.07 Å². The molecule has 0 saturated carbocycles. The van der Waals surface area contributed by atoms with Gasteiger partial charge in [-0.05, 0) is 69.5 Å². The van der Waals surface area contributed by atoms with Gasteiger partial charge in [0.1, 0.15) is 5.75 Å². The molecule has 0 aliphatic heterocycles. The zero-order valence-corrected chi connectivity index (χ0v) is 19.5. The highest BCUT2D eigenvalue weighted by molar-refractivity contribution is 9.10. The number of rotatable bonds is 6. The van der Waals surface area contributed by atoms with Gasteiger partial charge in [0.05, 0.1) is 11.2 Å². The normalized spacial score (nSPS) is 13.8. The van der Waals surface area contributed by atoms with Crippen LogP contribution in [0.3, 0.4) is 0 Å². The lowest BCUT2D eigenvalue weighted by Crippen LogP contribution is -2.53. The van der Waals surface area contributed by atoms with Gasteiger partial charge in [-0.25, -0.2) is 0 Å². The van der Waals surface area contributed by atoms with Crippen molar-refractivity contribution in [3.63, 3.8) is 0 Å². The second-order valence-corrected chi connectivity index (χ2v) is 14.8. The first kappa shape index (κ1) is 22.7. The molecule has 0 radical (unpaired) electrons. The molecule has 1 aromatic rings. The summed E-state index contributed by atoms with van der Waals surface area (Å²) in [5, 5.41) is 20.8. The second-order valence-electron chi connectivity index (χ2n) is 9.12. The van der Waals surface area contributed by atoms with Gasteiger partial charge in [0.2, 0.25) is 8.32 Å². The van der Waals surface area contributed by atoms with E-state index in [0.29, 0.717) is 11.2 Å². The van der Waals surface area contributed by atoms with Gasteiger partial charge in [-0.1, -0.05) is 36.7 Å². The molecule has 0 aliphatic rings. The molecule has 2 N–H and O–H groups in total. The van der Waals surface area contributed by atoms with E-state index in [1.54, 1.807) is 39.8 Å². The van der Waals surface area contributed by atoms with Crippen LogP contribution < -0.4 is 9.89 Å². The third-order valence-electron chi connectivity index (χ3n) is 5.24. The Morgan fingerprint density at radius 2 is 1.52 bits per heavy atom. The van der Waals surface area contributed by atoms with Crippen LogP contribution in [0.4, 0.5) is 0 Å². The summed E-state index contributed by atoms with van der Waals surface area (Å²) in [6, 6.07) is 5.50. The molecule has 25 heavy (non-hydrogen) atoms. The molecule has 0 fully saturated rings. The standard InChI is InChI=1S/C18H32BBrO4Si/c1-16(2,3)25(8,9)23-15-11-13(10-14(20)12-15)19(22)24-18(6,7)17(4,5)21/h10-12,21-22H,1-9H3. The van der Waals surface area contributed by atoms with Crippen molar-refractivity contribution in [2.24, 2.45) is 0 Å². The Bertz CT molecular complexity index is 606. The minimum Gasteiger partial charge on any atom is -0.543 e. The lowest BCUT2D eigenvalue weighted by molar-refractivity contribution is -0.0982. The van der Waals surface area contributed by atoms with E-state index >= 15 is 0 Å². The van der Waals surface area contributed by atoms with E-state index < -0.39 is 26.6 Å². The SMILES string of the molecule is CC(C)(O)C(C)(C)OB(O)c1cc(Br)cc(O[Si](C)(C)C(C)(C)C)c1. The van der Waals surface area contributed by atoms with Gasteiger partial charge in [-0.2, -0.15) is 0 Å². The fraction of sp³-hybridized carbons (Fsp3) is 0.667. The van der Waals surface area contributed by atoms with Crippen LogP contribution in [0, 0.1) is 0 Å². The number of halogens is 1. The Hall–Kier alpha value is -0.338. The van der Waals surface area contributed by atoms with Crippen LogP contribution in [0.5, 0.6) is 5.75 Å². The Kier molecular flexibility index (Phi) is 6.67. The summed E-state index contributed by atoms with van der Waals surface area (Å²) in [7, 11) is -3.15. The average Bonchev–Trinajstić information content (AvgIpc) is 2.33. The van der Waals surface area contributed by atoms with Crippen molar-refractivity contribution in [3.05, 3.63) is 22.7 Å². The minimum atomic E-state index is -1.99. The Labute approximate surface area is 162 Å². The Morgan fingerprint density at radius 3 is 1.96 bits per heavy atom. The van der Waals surface area contributed by atoms with Crippen LogP contribution in [-0.2, 0) is 4.65 Å². The van der Waals surface area contributed by atoms with E-state index in [-0.39, 0.29) is 5.04 Å². The van der Waals surface area contributed by atoms with Crippen LogP contribution in [0.15, 0.2) is 22.7 Å². The fourth-order valence-corrected chi connectivity index (χ4v) is 3.23. The second kappa shape index (κ2) is 7.35. The third kappa shape index (κ3) is 5.82. The lowest BCUT2D eigenvalue weighted by Gasteiger charge is -2.38. The van der Waals surface area contributed by atoms with Gasteiger partial charge in [0, 0.05) is 4.47 Å². The van der Waals surface area contributed by atoms with Crippen LogP contribution in [-0.4, -0.2) is 36.8 Å². The van der Waals surface area contributed by atoms with Gasteiger partial charge in [0.15, 0.2) is 0 Å². The van der Waals surface area contributed by atoms with Crippen molar-refractivity contribution < 1.29 is 19.2 Å². The summed E-state index contributed by atoms with van der Waals surface area (Å²) in [5.41, 5.74) is -1.43. The predicted octanol–water partition coefficient (Wildman–Crippen LogP) is 4.09. The average molecular weight is 431 g/mol. The molecule has 0 saturated heterocycles. The Balaban J connectivity index is 3.10. The highest BCUT2D eigenvalue weighted by Gasteiger charge is 2.41. The van der Waals surface area contributed by atoms with Gasteiger partial charge in [-0.3, -0.25) is 0 Å². The molecular weight excluding hydrogens is 399 g/mol. The molecule has 0 aliphatic carbocycles. The van der Waals surface area contributed by atoms with Crippen molar-refractivity contribution in [1.29, 1.82) is 0 Å². The summed E-state index contributed by atoms with van der Waals surface area (Å²) in [5.74, 6) is 0.708. The van der Waals surface area contributed by atoms with E-state index in [1.165, 1.54) is 0 Å². The van der Waals surface area contributed by atoms with Crippen LogP contribution in [0.2, 0.25) is 18.1 Å². The molecule has 4 nitrogen and oxygen atoms in total. The largest absolute Gasteiger partial charge is 0.543 e. The maximum atomic E-state index is 10.5. The highest BCUT2D eigenvalue weighted by atomic mass is 79.9. The van der Waals surface area contributed by atoms with Crippen molar-refractivity contribution in [2.45, 2.75) is 77.8 Å². The number of aliphatic hydroxyl groups is 1. The summed E-state index contributed by atoms with van der Waals surface area (Å²) in [6.07, 6.45) is 0. The first-order chi connectivity index (χ1) is 11.0. The zero-order valence-electron chi connectivity index (χ0n) is 16.9. The highest BCUT2D eigenvalue weighted by Crippen LogP contribution is 2.37. The molecule has 0 atom stereocenters. The molecule has 0 spiro atoms. The maximum absolute atomic E-state index is 10.5. The molecule has 0 bridgehead atoms. The van der Waals surface area contributed by atoms with Crippen LogP contribution in [0.25, 0.3) is 0 Å². The fourth-order valence-electron chi connectivity index (χ4n) is 1.72. The number of hydrogen-bond acceptors (Lipinski definition) is 4. The summed E-state index contributed by atoms with van der Waals surface area (Å²) in [4.78, 5) is 0. The molecule has 1 aromatic carbocycles. The van der Waals surface area contributed by atoms with Crippen LogP contribution in [0.1, 0.15) is 48.5 Å². The van der Waals surface area contributed by atoms with E-state index in [9.17, 15) is 10.1 Å². The topological polar surface area (TPSA) is 58.9 Å². The maximum Gasteiger partial charge on any atom is 0.491 e. The zero-order chi connectivity index (χ0) is 19.8. The predicted molar refractivity (Wildman–Crippen MR) is 111 cm³/mol. The quantitative estimate of drug-likeness (QED) is 0.667. The smallest absolute Gasteiger partial charge is 0.491 e. The minimum absolute atomic E-state index is 0.0769. The molecule has 142 valence electrons. The van der Waals surface area contributed by atoms with Crippen LogP contribution >= 0.6 is 15.9 Å². The number of benzene rings is 1. The molecule has 0 amide bonds. The van der Waals surface area contributed by atoms with E-state index in [4.69, 9.17) is 9.08 Å². The molecule has 0 unspecified atom stereocenters. The Morgan fingerprint density at radius 1 is 1.00 bits per heavy atom. The van der Waals surface area contributed by atoms with Gasteiger partial charge < -0.3 is 19.2 Å². The monoisotopic (exact) mass is 430 g/mol. The van der Waals surface area contributed by atoms with Crippen molar-refractivity contribution in [2.75, 3.05) is 0 Å². The summed E-state index contributed by atoms with van der Waals surface area (Å²) >= 11 is 3.48. The van der Waals surface area contributed by atoms with Gasteiger partial charge in [-0.15, -0.1) is 0 Å². The molecule has 0 aromatic heterocycles. The molecular formula is C18H32BBrO4Si. The van der Waals surface area contributed by atoms with E-state index in [0.717, 1.165) is 4.47 Å². The van der Waals surface area contributed by atoms with Crippen molar-refractivity contribution in [1.82, 2.24) is 0 Å². The number of hydrogen-bond donors (Lipinski definition) is 2. The lowest BCUT2D eigenvalue weighted by atomic mass is 9.76. The summed E-state index contributed by atoms with van der Waals surface area (Å²) in [6.45, 7) is 17.7. The summed E-state index contributed by atoms with van der Waals surface area (Å²) < 4.78 is 12.9. The van der Waals surface area contributed by atoms with Gasteiger partial charge >= 0.3 is 7.12 Å². The molecule has 0 heterocycles. The first-order valence-corrected chi connectivity index (χ1v) is 12.2. The van der Waals surface area contributed by atoms with E-state index in [2.05, 4.69) is 49.8 Å².